The zero-order valence-corrected chi connectivity index (χ0v) is 12.0. The highest BCUT2D eigenvalue weighted by molar-refractivity contribution is 5.13. The Balaban J connectivity index is 1.48. The SMILES string of the molecule is OCC12CCCC(CC1)C2OCOCc1ccccc1. The zero-order valence-electron chi connectivity index (χ0n) is 12.0. The summed E-state index contributed by atoms with van der Waals surface area (Å²) in [4.78, 5) is 0. The van der Waals surface area contributed by atoms with Crippen molar-refractivity contribution in [3.8, 4) is 0 Å². The first-order valence-electron chi connectivity index (χ1n) is 7.68. The minimum Gasteiger partial charge on any atom is -0.396 e. The van der Waals surface area contributed by atoms with Crippen LogP contribution in [0, 0.1) is 11.3 Å². The Kier molecular flexibility index (Phi) is 4.39. The monoisotopic (exact) mass is 276 g/mol. The maximum atomic E-state index is 9.75. The van der Waals surface area contributed by atoms with Crippen molar-refractivity contribution in [2.24, 2.45) is 11.3 Å². The summed E-state index contributed by atoms with van der Waals surface area (Å²) < 4.78 is 11.6. The molecule has 0 aliphatic heterocycles. The highest BCUT2D eigenvalue weighted by Crippen LogP contribution is 2.52. The van der Waals surface area contributed by atoms with Gasteiger partial charge in [-0.1, -0.05) is 36.8 Å². The van der Waals surface area contributed by atoms with E-state index < -0.39 is 0 Å². The van der Waals surface area contributed by atoms with Crippen molar-refractivity contribution in [3.05, 3.63) is 35.9 Å². The Labute approximate surface area is 120 Å². The van der Waals surface area contributed by atoms with E-state index in [0.29, 0.717) is 19.3 Å². The number of rotatable bonds is 6. The molecule has 3 atom stereocenters. The summed E-state index contributed by atoms with van der Waals surface area (Å²) in [7, 11) is 0. The van der Waals surface area contributed by atoms with Gasteiger partial charge in [0.05, 0.1) is 19.3 Å². The van der Waals surface area contributed by atoms with E-state index in [1.165, 1.54) is 24.8 Å². The van der Waals surface area contributed by atoms with Crippen LogP contribution in [-0.4, -0.2) is 24.6 Å². The number of aliphatic hydroxyl groups excluding tert-OH is 1. The van der Waals surface area contributed by atoms with E-state index in [-0.39, 0.29) is 18.1 Å². The van der Waals surface area contributed by atoms with Crippen molar-refractivity contribution in [2.75, 3.05) is 13.4 Å². The van der Waals surface area contributed by atoms with Gasteiger partial charge in [-0.25, -0.2) is 0 Å². The normalized spacial score (nSPS) is 32.5. The van der Waals surface area contributed by atoms with E-state index in [1.807, 2.05) is 18.2 Å². The first-order chi connectivity index (χ1) is 9.84. The molecule has 110 valence electrons. The van der Waals surface area contributed by atoms with Gasteiger partial charge in [-0.05, 0) is 37.2 Å². The third-order valence-corrected chi connectivity index (χ3v) is 5.05. The minimum absolute atomic E-state index is 0.0129. The van der Waals surface area contributed by atoms with Crippen LogP contribution in [0.25, 0.3) is 0 Å². The van der Waals surface area contributed by atoms with Gasteiger partial charge >= 0.3 is 0 Å². The predicted molar refractivity (Wildman–Crippen MR) is 77.1 cm³/mol. The Morgan fingerprint density at radius 3 is 2.80 bits per heavy atom. The predicted octanol–water partition coefficient (Wildman–Crippen LogP) is 3.12. The Bertz CT molecular complexity index is 416. The number of fused-ring (bicyclic) bond motifs is 2. The lowest BCUT2D eigenvalue weighted by Crippen LogP contribution is -2.42. The van der Waals surface area contributed by atoms with Crippen LogP contribution in [0.3, 0.4) is 0 Å². The number of benzene rings is 1. The lowest BCUT2D eigenvalue weighted by Gasteiger charge is -2.39. The molecule has 3 nitrogen and oxygen atoms in total. The van der Waals surface area contributed by atoms with E-state index in [4.69, 9.17) is 9.47 Å². The first kappa shape index (κ1) is 14.1. The molecule has 0 radical (unpaired) electrons. The van der Waals surface area contributed by atoms with Crippen LogP contribution >= 0.6 is 0 Å². The van der Waals surface area contributed by atoms with Gasteiger partial charge in [0.25, 0.3) is 0 Å². The third-order valence-electron chi connectivity index (χ3n) is 5.05. The van der Waals surface area contributed by atoms with Gasteiger partial charge < -0.3 is 14.6 Å². The largest absolute Gasteiger partial charge is 0.396 e. The molecule has 2 aliphatic rings. The van der Waals surface area contributed by atoms with Gasteiger partial charge in [0, 0.05) is 5.41 Å². The zero-order chi connectivity index (χ0) is 13.8. The fourth-order valence-corrected chi connectivity index (χ4v) is 3.96. The lowest BCUT2D eigenvalue weighted by atomic mass is 9.74. The summed E-state index contributed by atoms with van der Waals surface area (Å²) in [5.41, 5.74) is 1.18. The molecule has 2 aliphatic carbocycles. The molecular weight excluding hydrogens is 252 g/mol. The molecule has 3 unspecified atom stereocenters. The van der Waals surface area contributed by atoms with Gasteiger partial charge in [-0.2, -0.15) is 0 Å². The molecule has 2 bridgehead atoms. The van der Waals surface area contributed by atoms with Gasteiger partial charge in [0.15, 0.2) is 0 Å². The molecule has 2 fully saturated rings. The molecule has 0 spiro atoms. The van der Waals surface area contributed by atoms with Gasteiger partial charge in [-0.3, -0.25) is 0 Å². The molecule has 3 rings (SSSR count). The molecule has 20 heavy (non-hydrogen) atoms. The van der Waals surface area contributed by atoms with E-state index in [9.17, 15) is 5.11 Å². The van der Waals surface area contributed by atoms with E-state index in [2.05, 4.69) is 12.1 Å². The molecule has 1 aromatic rings. The van der Waals surface area contributed by atoms with Crippen LogP contribution in [0.4, 0.5) is 0 Å². The summed E-state index contributed by atoms with van der Waals surface area (Å²) in [6, 6.07) is 10.1. The maximum absolute atomic E-state index is 9.75. The van der Waals surface area contributed by atoms with Crippen LogP contribution in [0.1, 0.15) is 37.7 Å². The Morgan fingerprint density at radius 2 is 2.00 bits per heavy atom. The molecule has 0 saturated heterocycles. The molecular formula is C17H24O3. The number of aliphatic hydroxyl groups is 1. The first-order valence-corrected chi connectivity index (χ1v) is 7.68. The maximum Gasteiger partial charge on any atom is 0.147 e. The Hall–Kier alpha value is -0.900. The van der Waals surface area contributed by atoms with Crippen molar-refractivity contribution < 1.29 is 14.6 Å². The highest BCUT2D eigenvalue weighted by atomic mass is 16.7. The fourth-order valence-electron chi connectivity index (χ4n) is 3.96. The van der Waals surface area contributed by atoms with Gasteiger partial charge in [-0.15, -0.1) is 0 Å². The van der Waals surface area contributed by atoms with Crippen molar-refractivity contribution in [2.45, 2.75) is 44.8 Å². The highest BCUT2D eigenvalue weighted by Gasteiger charge is 2.51. The van der Waals surface area contributed by atoms with Crippen LogP contribution in [0.15, 0.2) is 30.3 Å². The summed E-state index contributed by atoms with van der Waals surface area (Å²) in [5, 5.41) is 9.75. The second-order valence-corrected chi connectivity index (χ2v) is 6.25. The van der Waals surface area contributed by atoms with Gasteiger partial charge in [0.2, 0.25) is 0 Å². The second kappa shape index (κ2) is 6.25. The molecule has 1 aromatic carbocycles. The third kappa shape index (κ3) is 2.76. The van der Waals surface area contributed by atoms with E-state index in [0.717, 1.165) is 12.8 Å². The minimum atomic E-state index is 0.0129. The number of ether oxygens (including phenoxy) is 2. The standard InChI is InChI=1S/C17H24O3/c18-12-17-9-4-7-15(8-10-17)16(17)20-13-19-11-14-5-2-1-3-6-14/h1-3,5-6,15-16,18H,4,7-13H2. The summed E-state index contributed by atoms with van der Waals surface area (Å²) in [6.07, 6.45) is 6.07. The van der Waals surface area contributed by atoms with Crippen LogP contribution < -0.4 is 0 Å². The molecule has 2 saturated carbocycles. The summed E-state index contributed by atoms with van der Waals surface area (Å²) >= 11 is 0. The Morgan fingerprint density at radius 1 is 1.15 bits per heavy atom. The van der Waals surface area contributed by atoms with Crippen molar-refractivity contribution in [1.82, 2.24) is 0 Å². The summed E-state index contributed by atoms with van der Waals surface area (Å²) in [5.74, 6) is 0.622. The topological polar surface area (TPSA) is 38.7 Å². The van der Waals surface area contributed by atoms with Crippen molar-refractivity contribution in [1.29, 1.82) is 0 Å². The van der Waals surface area contributed by atoms with Crippen LogP contribution in [-0.2, 0) is 16.1 Å². The lowest BCUT2D eigenvalue weighted by molar-refractivity contribution is -0.157. The number of hydrogen-bond acceptors (Lipinski definition) is 3. The number of hydrogen-bond donors (Lipinski definition) is 1. The molecule has 0 amide bonds. The quantitative estimate of drug-likeness (QED) is 0.641. The molecule has 0 aromatic heterocycles. The smallest absolute Gasteiger partial charge is 0.147 e. The molecule has 1 N–H and O–H groups in total. The molecule has 3 heteroatoms. The van der Waals surface area contributed by atoms with Crippen molar-refractivity contribution >= 4 is 0 Å². The van der Waals surface area contributed by atoms with Gasteiger partial charge in [0.1, 0.15) is 6.79 Å². The van der Waals surface area contributed by atoms with Crippen LogP contribution in [0.2, 0.25) is 0 Å². The second-order valence-electron chi connectivity index (χ2n) is 6.25. The molecule has 0 heterocycles. The van der Waals surface area contributed by atoms with Crippen LogP contribution in [0.5, 0.6) is 0 Å². The summed E-state index contributed by atoms with van der Waals surface area (Å²) in [6.45, 7) is 1.18. The average Bonchev–Trinajstić information content (AvgIpc) is 2.70. The van der Waals surface area contributed by atoms with E-state index >= 15 is 0 Å². The van der Waals surface area contributed by atoms with E-state index in [1.54, 1.807) is 0 Å². The fraction of sp³-hybridized carbons (Fsp3) is 0.647. The average molecular weight is 276 g/mol. The van der Waals surface area contributed by atoms with Crippen molar-refractivity contribution in [3.63, 3.8) is 0 Å².